The molecule has 0 aliphatic carbocycles. The number of nitrogens with two attached hydrogens (primary N) is 1. The van der Waals surface area contributed by atoms with Crippen LogP contribution in [0.2, 0.25) is 5.02 Å². The Morgan fingerprint density at radius 1 is 1.53 bits per heavy atom. The van der Waals surface area contributed by atoms with E-state index in [2.05, 4.69) is 5.16 Å². The van der Waals surface area contributed by atoms with E-state index in [1.165, 1.54) is 0 Å². The summed E-state index contributed by atoms with van der Waals surface area (Å²) in [5.41, 5.74) is 7.25. The van der Waals surface area contributed by atoms with Crippen LogP contribution in [-0.2, 0) is 0 Å². The second-order valence-electron chi connectivity index (χ2n) is 3.22. The summed E-state index contributed by atoms with van der Waals surface area (Å²) in [6.07, 6.45) is 0. The number of thioether (sulfide) groups is 1. The molecule has 0 atom stereocenters. The molecular weight excluding hydrogens is 232 g/mol. The quantitative estimate of drug-likeness (QED) is 0.841. The zero-order chi connectivity index (χ0) is 10.8. The van der Waals surface area contributed by atoms with Gasteiger partial charge in [-0.2, -0.15) is 0 Å². The van der Waals surface area contributed by atoms with Crippen LogP contribution in [0.15, 0.2) is 21.7 Å². The van der Waals surface area contributed by atoms with E-state index in [9.17, 15) is 0 Å². The Bertz CT molecular complexity index is 483. The average molecular weight is 243 g/mol. The molecule has 0 saturated carbocycles. The van der Waals surface area contributed by atoms with Gasteiger partial charge in [0.05, 0.1) is 5.39 Å². The van der Waals surface area contributed by atoms with Crippen LogP contribution in [0.1, 0.15) is 5.56 Å². The average Bonchev–Trinajstić information content (AvgIpc) is 2.58. The first kappa shape index (κ1) is 10.8. The molecule has 15 heavy (non-hydrogen) atoms. The Morgan fingerprint density at radius 2 is 2.33 bits per heavy atom. The predicted molar refractivity (Wildman–Crippen MR) is 63.5 cm³/mol. The van der Waals surface area contributed by atoms with Crippen molar-refractivity contribution in [3.05, 3.63) is 22.7 Å². The third-order valence-corrected chi connectivity index (χ3v) is 3.27. The van der Waals surface area contributed by atoms with Crippen LogP contribution in [-0.4, -0.2) is 17.5 Å². The monoisotopic (exact) mass is 242 g/mol. The zero-order valence-electron chi connectivity index (χ0n) is 8.29. The fourth-order valence-corrected chi connectivity index (χ4v) is 2.39. The maximum absolute atomic E-state index is 5.98. The van der Waals surface area contributed by atoms with Gasteiger partial charge in [0.1, 0.15) is 5.03 Å². The minimum absolute atomic E-state index is 0.624. The van der Waals surface area contributed by atoms with Gasteiger partial charge in [-0.15, -0.1) is 11.8 Å². The molecule has 0 amide bonds. The van der Waals surface area contributed by atoms with E-state index < -0.39 is 0 Å². The number of hydrogen-bond donors (Lipinski definition) is 1. The summed E-state index contributed by atoms with van der Waals surface area (Å²) in [6, 6.07) is 3.74. The highest BCUT2D eigenvalue weighted by atomic mass is 35.5. The fraction of sp³-hybridized carbons (Fsp3) is 0.300. The maximum atomic E-state index is 5.98. The van der Waals surface area contributed by atoms with Crippen molar-refractivity contribution in [2.45, 2.75) is 11.9 Å². The Labute approximate surface area is 96.9 Å². The predicted octanol–water partition coefficient (Wildman–Crippen LogP) is 2.84. The Kier molecular flexibility index (Phi) is 3.19. The Hall–Kier alpha value is -0.710. The number of benzene rings is 1. The number of fused-ring (bicyclic) bond motifs is 1. The van der Waals surface area contributed by atoms with Crippen LogP contribution in [0.5, 0.6) is 0 Å². The van der Waals surface area contributed by atoms with Crippen molar-refractivity contribution < 1.29 is 4.52 Å². The lowest BCUT2D eigenvalue weighted by Gasteiger charge is -1.96. The highest BCUT2D eigenvalue weighted by Gasteiger charge is 2.11. The molecule has 2 N–H and O–H groups in total. The van der Waals surface area contributed by atoms with Gasteiger partial charge in [-0.3, -0.25) is 0 Å². The van der Waals surface area contributed by atoms with Crippen molar-refractivity contribution in [2.75, 3.05) is 12.3 Å². The largest absolute Gasteiger partial charge is 0.355 e. The van der Waals surface area contributed by atoms with Crippen molar-refractivity contribution >= 4 is 34.3 Å². The van der Waals surface area contributed by atoms with E-state index in [4.69, 9.17) is 21.9 Å². The van der Waals surface area contributed by atoms with Crippen molar-refractivity contribution in [3.63, 3.8) is 0 Å². The molecule has 0 saturated heterocycles. The van der Waals surface area contributed by atoms with Crippen molar-refractivity contribution in [2.24, 2.45) is 5.73 Å². The zero-order valence-corrected chi connectivity index (χ0v) is 9.86. The normalized spacial score (nSPS) is 11.1. The molecule has 0 fully saturated rings. The molecule has 3 nitrogen and oxygen atoms in total. The van der Waals surface area contributed by atoms with Crippen LogP contribution in [0, 0.1) is 6.92 Å². The number of aryl methyl sites for hydroxylation is 1. The van der Waals surface area contributed by atoms with Gasteiger partial charge in [0, 0.05) is 17.3 Å². The highest BCUT2D eigenvalue weighted by Crippen LogP contribution is 2.31. The van der Waals surface area contributed by atoms with E-state index in [0.717, 1.165) is 27.3 Å². The summed E-state index contributed by atoms with van der Waals surface area (Å²) in [5, 5.41) is 6.55. The van der Waals surface area contributed by atoms with Crippen LogP contribution < -0.4 is 5.73 Å². The molecule has 0 bridgehead atoms. The lowest BCUT2D eigenvalue weighted by molar-refractivity contribution is 0.436. The standard InChI is InChI=1S/C10H11ClN2OS/c1-6-4-7(11)5-8-9(6)14-13-10(8)15-3-2-12/h4-5H,2-3,12H2,1H3. The summed E-state index contributed by atoms with van der Waals surface area (Å²) in [6.45, 7) is 2.58. The summed E-state index contributed by atoms with van der Waals surface area (Å²) in [4.78, 5) is 0. The van der Waals surface area contributed by atoms with Gasteiger partial charge >= 0.3 is 0 Å². The van der Waals surface area contributed by atoms with Gasteiger partial charge in [0.15, 0.2) is 5.58 Å². The molecule has 0 unspecified atom stereocenters. The van der Waals surface area contributed by atoms with Gasteiger partial charge in [-0.05, 0) is 24.6 Å². The lowest BCUT2D eigenvalue weighted by Crippen LogP contribution is -2.00. The summed E-state index contributed by atoms with van der Waals surface area (Å²) in [7, 11) is 0. The number of hydrogen-bond acceptors (Lipinski definition) is 4. The van der Waals surface area contributed by atoms with Crippen LogP contribution in [0.25, 0.3) is 11.0 Å². The van der Waals surface area contributed by atoms with Gasteiger partial charge in [0.2, 0.25) is 0 Å². The molecule has 1 aromatic carbocycles. The van der Waals surface area contributed by atoms with Crippen molar-refractivity contribution in [1.29, 1.82) is 0 Å². The Morgan fingerprint density at radius 3 is 3.07 bits per heavy atom. The number of aromatic nitrogens is 1. The third kappa shape index (κ3) is 2.12. The maximum Gasteiger partial charge on any atom is 0.171 e. The van der Waals surface area contributed by atoms with E-state index in [1.54, 1.807) is 11.8 Å². The van der Waals surface area contributed by atoms with Crippen LogP contribution in [0.3, 0.4) is 0 Å². The van der Waals surface area contributed by atoms with Gasteiger partial charge < -0.3 is 10.3 Å². The molecule has 80 valence electrons. The van der Waals surface area contributed by atoms with Crippen LogP contribution >= 0.6 is 23.4 Å². The van der Waals surface area contributed by atoms with E-state index in [-0.39, 0.29) is 0 Å². The first-order valence-electron chi connectivity index (χ1n) is 4.61. The first-order valence-corrected chi connectivity index (χ1v) is 5.97. The molecule has 0 aliphatic rings. The van der Waals surface area contributed by atoms with E-state index in [1.807, 2.05) is 19.1 Å². The summed E-state index contributed by atoms with van der Waals surface area (Å²) in [5.74, 6) is 0.827. The van der Waals surface area contributed by atoms with E-state index >= 15 is 0 Å². The van der Waals surface area contributed by atoms with Crippen LogP contribution in [0.4, 0.5) is 0 Å². The lowest BCUT2D eigenvalue weighted by atomic mass is 10.2. The SMILES string of the molecule is Cc1cc(Cl)cc2c(SCCN)noc12. The number of halogens is 1. The smallest absolute Gasteiger partial charge is 0.171 e. The number of rotatable bonds is 3. The van der Waals surface area contributed by atoms with Crippen molar-refractivity contribution in [1.82, 2.24) is 5.16 Å². The molecule has 1 heterocycles. The first-order chi connectivity index (χ1) is 7.22. The highest BCUT2D eigenvalue weighted by molar-refractivity contribution is 7.99. The third-order valence-electron chi connectivity index (χ3n) is 2.05. The summed E-state index contributed by atoms with van der Waals surface area (Å²) >= 11 is 7.57. The molecular formula is C10H11ClN2OS. The molecule has 0 aliphatic heterocycles. The molecule has 0 radical (unpaired) electrons. The van der Waals surface area contributed by atoms with Gasteiger partial charge in [-0.25, -0.2) is 0 Å². The number of nitrogens with zero attached hydrogens (tertiary/aromatic N) is 1. The Balaban J connectivity index is 2.49. The fourth-order valence-electron chi connectivity index (χ4n) is 1.41. The second-order valence-corrected chi connectivity index (χ2v) is 4.74. The van der Waals surface area contributed by atoms with Gasteiger partial charge in [0.25, 0.3) is 0 Å². The molecule has 1 aromatic heterocycles. The van der Waals surface area contributed by atoms with Gasteiger partial charge in [-0.1, -0.05) is 16.8 Å². The molecule has 5 heteroatoms. The topological polar surface area (TPSA) is 52.0 Å². The molecule has 2 aromatic rings. The van der Waals surface area contributed by atoms with E-state index in [0.29, 0.717) is 11.6 Å². The summed E-state index contributed by atoms with van der Waals surface area (Å²) < 4.78 is 5.26. The molecule has 2 rings (SSSR count). The minimum atomic E-state index is 0.624. The van der Waals surface area contributed by atoms with Crippen molar-refractivity contribution in [3.8, 4) is 0 Å². The molecule has 0 spiro atoms. The second kappa shape index (κ2) is 4.43. The minimum Gasteiger partial charge on any atom is -0.355 e.